The van der Waals surface area contributed by atoms with Crippen molar-refractivity contribution in [3.05, 3.63) is 12.5 Å². The molecule has 18 heavy (non-hydrogen) atoms. The van der Waals surface area contributed by atoms with Crippen molar-refractivity contribution in [1.29, 1.82) is 0 Å². The molecule has 0 fully saturated rings. The first-order valence-electron chi connectivity index (χ1n) is 6.20. The van der Waals surface area contributed by atoms with Gasteiger partial charge in [-0.05, 0) is 26.3 Å². The Morgan fingerprint density at radius 1 is 1.39 bits per heavy atom. The van der Waals surface area contributed by atoms with E-state index in [0.717, 1.165) is 19.3 Å². The molecule has 0 aromatic carbocycles. The first kappa shape index (κ1) is 15.1. The van der Waals surface area contributed by atoms with Crippen LogP contribution in [0.5, 0.6) is 0 Å². The van der Waals surface area contributed by atoms with Crippen LogP contribution in [0.2, 0.25) is 0 Å². The van der Waals surface area contributed by atoms with Gasteiger partial charge in [0.2, 0.25) is 0 Å². The lowest BCUT2D eigenvalue weighted by Crippen LogP contribution is -2.28. The van der Waals surface area contributed by atoms with E-state index in [9.17, 15) is 8.42 Å². The lowest BCUT2D eigenvalue weighted by Gasteiger charge is -2.15. The number of imidazole rings is 1. The number of sulfonamides is 1. The van der Waals surface area contributed by atoms with Crippen molar-refractivity contribution in [1.82, 2.24) is 13.9 Å². The van der Waals surface area contributed by atoms with Gasteiger partial charge < -0.3 is 10.3 Å². The van der Waals surface area contributed by atoms with E-state index in [4.69, 9.17) is 5.73 Å². The van der Waals surface area contributed by atoms with E-state index in [0.29, 0.717) is 19.6 Å². The molecule has 0 aliphatic carbocycles. The Bertz CT molecular complexity index is 455. The topological polar surface area (TPSA) is 81.2 Å². The van der Waals surface area contributed by atoms with E-state index >= 15 is 0 Å². The number of hydrogen-bond donors (Lipinski definition) is 1. The Balaban J connectivity index is 2.62. The molecule has 0 amide bonds. The summed E-state index contributed by atoms with van der Waals surface area (Å²) in [4.78, 5) is 3.94. The number of unbranched alkanes of at least 4 members (excludes halogenated alkanes) is 2. The van der Waals surface area contributed by atoms with Gasteiger partial charge in [-0.25, -0.2) is 13.4 Å². The highest BCUT2D eigenvalue weighted by atomic mass is 32.2. The van der Waals surface area contributed by atoms with Crippen LogP contribution in [0.15, 0.2) is 17.6 Å². The van der Waals surface area contributed by atoms with Crippen molar-refractivity contribution in [2.75, 3.05) is 20.1 Å². The molecule has 0 atom stereocenters. The molecule has 1 rings (SSSR count). The summed E-state index contributed by atoms with van der Waals surface area (Å²) >= 11 is 0. The molecular formula is C11H22N4O2S. The van der Waals surface area contributed by atoms with Crippen LogP contribution in [-0.4, -0.2) is 42.4 Å². The van der Waals surface area contributed by atoms with Crippen molar-refractivity contribution in [2.24, 2.45) is 5.73 Å². The molecule has 0 aliphatic rings. The summed E-state index contributed by atoms with van der Waals surface area (Å²) in [6.07, 6.45) is 5.79. The van der Waals surface area contributed by atoms with Crippen LogP contribution in [0.3, 0.4) is 0 Å². The zero-order chi connectivity index (χ0) is 13.6. The standard InChI is InChI=1S/C11H22N4O2S/c1-3-15-9-11(13-10-15)18(16,17)14(2)8-6-4-5-7-12/h9-10H,3-8,12H2,1-2H3. The summed E-state index contributed by atoms with van der Waals surface area (Å²) in [6, 6.07) is 0. The van der Waals surface area contributed by atoms with Gasteiger partial charge in [0.05, 0.1) is 6.33 Å². The normalized spacial score (nSPS) is 12.2. The first-order chi connectivity index (χ1) is 8.52. The number of hydrogen-bond acceptors (Lipinski definition) is 4. The Kier molecular flexibility index (Phi) is 5.77. The monoisotopic (exact) mass is 274 g/mol. The maximum absolute atomic E-state index is 12.2. The van der Waals surface area contributed by atoms with Crippen molar-refractivity contribution in [3.63, 3.8) is 0 Å². The van der Waals surface area contributed by atoms with Crippen LogP contribution in [-0.2, 0) is 16.6 Å². The van der Waals surface area contributed by atoms with Gasteiger partial charge in [-0.1, -0.05) is 6.42 Å². The summed E-state index contributed by atoms with van der Waals surface area (Å²) in [7, 11) is -1.86. The second-order valence-corrected chi connectivity index (χ2v) is 6.21. The summed E-state index contributed by atoms with van der Waals surface area (Å²) in [5.74, 6) is 0. The Morgan fingerprint density at radius 3 is 2.67 bits per heavy atom. The average molecular weight is 274 g/mol. The van der Waals surface area contributed by atoms with Crippen molar-refractivity contribution in [3.8, 4) is 0 Å². The number of aromatic nitrogens is 2. The van der Waals surface area contributed by atoms with Crippen LogP contribution in [0, 0.1) is 0 Å². The summed E-state index contributed by atoms with van der Waals surface area (Å²) in [5.41, 5.74) is 5.40. The van der Waals surface area contributed by atoms with Gasteiger partial charge in [-0.15, -0.1) is 0 Å². The van der Waals surface area contributed by atoms with Crippen LogP contribution >= 0.6 is 0 Å². The molecular weight excluding hydrogens is 252 g/mol. The minimum atomic E-state index is -3.45. The number of aryl methyl sites for hydroxylation is 1. The average Bonchev–Trinajstić information content (AvgIpc) is 2.83. The lowest BCUT2D eigenvalue weighted by molar-refractivity contribution is 0.451. The van der Waals surface area contributed by atoms with Crippen molar-refractivity contribution < 1.29 is 8.42 Å². The molecule has 0 saturated heterocycles. The molecule has 0 saturated carbocycles. The summed E-state index contributed by atoms with van der Waals surface area (Å²) < 4.78 is 27.4. The molecule has 0 spiro atoms. The smallest absolute Gasteiger partial charge is 0.261 e. The second kappa shape index (κ2) is 6.86. The van der Waals surface area contributed by atoms with Gasteiger partial charge in [-0.2, -0.15) is 4.31 Å². The highest BCUT2D eigenvalue weighted by Crippen LogP contribution is 2.12. The number of rotatable bonds is 8. The van der Waals surface area contributed by atoms with E-state index in [-0.39, 0.29) is 5.03 Å². The molecule has 1 aromatic heterocycles. The maximum atomic E-state index is 12.2. The Labute approximate surface area is 109 Å². The van der Waals surface area contributed by atoms with E-state index in [1.807, 2.05) is 6.92 Å². The summed E-state index contributed by atoms with van der Waals surface area (Å²) in [6.45, 7) is 3.80. The molecule has 6 nitrogen and oxygen atoms in total. The minimum absolute atomic E-state index is 0.116. The van der Waals surface area contributed by atoms with Crippen LogP contribution in [0.4, 0.5) is 0 Å². The maximum Gasteiger partial charge on any atom is 0.261 e. The number of nitrogens with zero attached hydrogens (tertiary/aromatic N) is 3. The van der Waals surface area contributed by atoms with Crippen molar-refractivity contribution in [2.45, 2.75) is 37.8 Å². The Morgan fingerprint density at radius 2 is 2.11 bits per heavy atom. The molecule has 1 aromatic rings. The van der Waals surface area contributed by atoms with E-state index in [2.05, 4.69) is 4.98 Å². The molecule has 0 bridgehead atoms. The van der Waals surface area contributed by atoms with Crippen LogP contribution in [0.25, 0.3) is 0 Å². The summed E-state index contributed by atoms with van der Waals surface area (Å²) in [5, 5.41) is 0.116. The Hall–Kier alpha value is -0.920. The lowest BCUT2D eigenvalue weighted by atomic mass is 10.2. The van der Waals surface area contributed by atoms with Crippen LogP contribution < -0.4 is 5.73 Å². The fourth-order valence-corrected chi connectivity index (χ4v) is 2.72. The number of nitrogens with two attached hydrogens (primary N) is 1. The van der Waals surface area contributed by atoms with Crippen LogP contribution in [0.1, 0.15) is 26.2 Å². The SMILES string of the molecule is CCn1cnc(S(=O)(=O)N(C)CCCCCN)c1. The van der Waals surface area contributed by atoms with E-state index < -0.39 is 10.0 Å². The minimum Gasteiger partial charge on any atom is -0.336 e. The predicted molar refractivity (Wildman–Crippen MR) is 70.6 cm³/mol. The zero-order valence-corrected chi connectivity index (χ0v) is 11.9. The molecule has 0 radical (unpaired) electrons. The van der Waals surface area contributed by atoms with Gasteiger partial charge >= 0.3 is 0 Å². The molecule has 2 N–H and O–H groups in total. The third kappa shape index (κ3) is 3.79. The zero-order valence-electron chi connectivity index (χ0n) is 11.0. The van der Waals surface area contributed by atoms with Gasteiger partial charge in [-0.3, -0.25) is 0 Å². The quantitative estimate of drug-likeness (QED) is 0.706. The predicted octanol–water partition coefficient (Wildman–Crippen LogP) is 0.653. The molecule has 0 aliphatic heterocycles. The van der Waals surface area contributed by atoms with Crippen molar-refractivity contribution >= 4 is 10.0 Å². The van der Waals surface area contributed by atoms with E-state index in [1.165, 1.54) is 10.6 Å². The highest BCUT2D eigenvalue weighted by Gasteiger charge is 2.22. The molecule has 1 heterocycles. The third-order valence-electron chi connectivity index (χ3n) is 2.83. The fourth-order valence-electron chi connectivity index (χ4n) is 1.58. The third-order valence-corrected chi connectivity index (χ3v) is 4.57. The van der Waals surface area contributed by atoms with E-state index in [1.54, 1.807) is 17.8 Å². The van der Waals surface area contributed by atoms with Gasteiger partial charge in [0.1, 0.15) is 0 Å². The van der Waals surface area contributed by atoms with Gasteiger partial charge in [0, 0.05) is 26.3 Å². The molecule has 104 valence electrons. The molecule has 0 unspecified atom stereocenters. The fraction of sp³-hybridized carbons (Fsp3) is 0.727. The van der Waals surface area contributed by atoms with Gasteiger partial charge in [0.15, 0.2) is 5.03 Å². The molecule has 7 heteroatoms. The van der Waals surface area contributed by atoms with Gasteiger partial charge in [0.25, 0.3) is 10.0 Å². The first-order valence-corrected chi connectivity index (χ1v) is 7.64. The highest BCUT2D eigenvalue weighted by molar-refractivity contribution is 7.89. The largest absolute Gasteiger partial charge is 0.336 e. The second-order valence-electron chi connectivity index (χ2n) is 4.22.